The number of pyridine rings is 1. The number of aromatic nitrogens is 1. The van der Waals surface area contributed by atoms with Crippen molar-refractivity contribution in [3.63, 3.8) is 0 Å². The SMILES string of the molecule is CCNCc1ccc(OCCC(F)(F)F)nc1C. The van der Waals surface area contributed by atoms with Crippen LogP contribution < -0.4 is 10.1 Å². The van der Waals surface area contributed by atoms with Gasteiger partial charge in [-0.1, -0.05) is 13.0 Å². The Morgan fingerprint density at radius 3 is 2.61 bits per heavy atom. The fourth-order valence-corrected chi connectivity index (χ4v) is 1.37. The van der Waals surface area contributed by atoms with Crippen LogP contribution in [0.25, 0.3) is 0 Å². The molecule has 0 amide bonds. The number of nitrogens with zero attached hydrogens (tertiary/aromatic N) is 1. The number of rotatable bonds is 6. The van der Waals surface area contributed by atoms with Crippen molar-refractivity contribution in [3.05, 3.63) is 23.4 Å². The van der Waals surface area contributed by atoms with Gasteiger partial charge in [-0.2, -0.15) is 13.2 Å². The molecule has 0 aliphatic heterocycles. The van der Waals surface area contributed by atoms with E-state index in [-0.39, 0.29) is 5.88 Å². The van der Waals surface area contributed by atoms with Crippen LogP contribution in [0.5, 0.6) is 5.88 Å². The van der Waals surface area contributed by atoms with Gasteiger partial charge in [0.2, 0.25) is 5.88 Å². The van der Waals surface area contributed by atoms with E-state index in [1.807, 2.05) is 19.9 Å². The summed E-state index contributed by atoms with van der Waals surface area (Å²) in [5.41, 5.74) is 1.78. The van der Waals surface area contributed by atoms with Crippen LogP contribution in [0.1, 0.15) is 24.6 Å². The van der Waals surface area contributed by atoms with Crippen LogP contribution in [0, 0.1) is 6.92 Å². The normalized spacial score (nSPS) is 11.6. The van der Waals surface area contributed by atoms with Crippen molar-refractivity contribution >= 4 is 0 Å². The van der Waals surface area contributed by atoms with Crippen molar-refractivity contribution in [1.29, 1.82) is 0 Å². The molecule has 102 valence electrons. The van der Waals surface area contributed by atoms with Gasteiger partial charge in [0.15, 0.2) is 0 Å². The van der Waals surface area contributed by atoms with Gasteiger partial charge >= 0.3 is 6.18 Å². The highest BCUT2D eigenvalue weighted by atomic mass is 19.4. The number of aryl methyl sites for hydroxylation is 1. The number of ether oxygens (including phenoxy) is 1. The lowest BCUT2D eigenvalue weighted by atomic mass is 10.2. The first kappa shape index (κ1) is 14.8. The lowest BCUT2D eigenvalue weighted by Gasteiger charge is -2.10. The van der Waals surface area contributed by atoms with Crippen molar-refractivity contribution < 1.29 is 17.9 Å². The van der Waals surface area contributed by atoms with Crippen LogP contribution in [0.15, 0.2) is 12.1 Å². The van der Waals surface area contributed by atoms with Gasteiger partial charge in [0.1, 0.15) is 0 Å². The summed E-state index contributed by atoms with van der Waals surface area (Å²) in [4.78, 5) is 4.12. The maximum atomic E-state index is 11.9. The summed E-state index contributed by atoms with van der Waals surface area (Å²) in [5, 5.41) is 3.16. The predicted molar refractivity (Wildman–Crippen MR) is 62.5 cm³/mol. The Morgan fingerprint density at radius 2 is 2.06 bits per heavy atom. The zero-order valence-electron chi connectivity index (χ0n) is 10.5. The summed E-state index contributed by atoms with van der Waals surface area (Å²) in [6.07, 6.45) is -5.16. The maximum Gasteiger partial charge on any atom is 0.392 e. The number of alkyl halides is 3. The topological polar surface area (TPSA) is 34.1 Å². The fraction of sp³-hybridized carbons (Fsp3) is 0.583. The Kier molecular flexibility index (Phi) is 5.40. The van der Waals surface area contributed by atoms with Gasteiger partial charge in [-0.3, -0.25) is 0 Å². The lowest BCUT2D eigenvalue weighted by molar-refractivity contribution is -0.139. The van der Waals surface area contributed by atoms with Gasteiger partial charge in [0, 0.05) is 18.3 Å². The minimum atomic E-state index is -4.19. The first-order valence-corrected chi connectivity index (χ1v) is 5.79. The van der Waals surface area contributed by atoms with E-state index in [9.17, 15) is 13.2 Å². The van der Waals surface area contributed by atoms with Gasteiger partial charge in [-0.25, -0.2) is 4.98 Å². The van der Waals surface area contributed by atoms with Crippen LogP contribution in [0.4, 0.5) is 13.2 Å². The summed E-state index contributed by atoms with van der Waals surface area (Å²) in [6, 6.07) is 3.41. The zero-order chi connectivity index (χ0) is 13.6. The van der Waals surface area contributed by atoms with Crippen LogP contribution in [-0.2, 0) is 6.54 Å². The molecular weight excluding hydrogens is 245 g/mol. The smallest absolute Gasteiger partial charge is 0.392 e. The average molecular weight is 262 g/mol. The van der Waals surface area contributed by atoms with Crippen molar-refractivity contribution in [2.75, 3.05) is 13.2 Å². The van der Waals surface area contributed by atoms with E-state index in [2.05, 4.69) is 10.3 Å². The molecule has 1 N–H and O–H groups in total. The quantitative estimate of drug-likeness (QED) is 0.856. The van der Waals surface area contributed by atoms with E-state index in [0.717, 1.165) is 17.8 Å². The third-order valence-corrected chi connectivity index (χ3v) is 2.37. The molecule has 0 radical (unpaired) electrons. The molecule has 0 bridgehead atoms. The molecule has 1 heterocycles. The van der Waals surface area contributed by atoms with Gasteiger partial charge in [-0.15, -0.1) is 0 Å². The molecule has 0 atom stereocenters. The molecule has 0 aliphatic rings. The number of nitrogens with one attached hydrogen (secondary N) is 1. The van der Waals surface area contributed by atoms with Gasteiger partial charge < -0.3 is 10.1 Å². The molecule has 1 aromatic heterocycles. The Hall–Kier alpha value is -1.30. The van der Waals surface area contributed by atoms with Crippen LogP contribution in [0.3, 0.4) is 0 Å². The number of hydrogen-bond acceptors (Lipinski definition) is 3. The lowest BCUT2D eigenvalue weighted by Crippen LogP contribution is -2.15. The molecule has 1 rings (SSSR count). The van der Waals surface area contributed by atoms with E-state index in [4.69, 9.17) is 4.74 Å². The third-order valence-electron chi connectivity index (χ3n) is 2.37. The molecule has 0 unspecified atom stereocenters. The van der Waals surface area contributed by atoms with Crippen LogP contribution in [-0.4, -0.2) is 24.3 Å². The highest BCUT2D eigenvalue weighted by molar-refractivity contribution is 5.24. The zero-order valence-corrected chi connectivity index (χ0v) is 10.5. The van der Waals surface area contributed by atoms with Crippen molar-refractivity contribution in [1.82, 2.24) is 10.3 Å². The highest BCUT2D eigenvalue weighted by Crippen LogP contribution is 2.20. The molecule has 0 saturated carbocycles. The predicted octanol–water partition coefficient (Wildman–Crippen LogP) is 2.83. The standard InChI is InChI=1S/C12H17F3N2O/c1-3-16-8-10-4-5-11(17-9(10)2)18-7-6-12(13,14)15/h4-5,16H,3,6-8H2,1-2H3. The molecule has 0 aromatic carbocycles. The summed E-state index contributed by atoms with van der Waals surface area (Å²) < 4.78 is 40.8. The Labute approximate surface area is 104 Å². The Balaban J connectivity index is 2.51. The Morgan fingerprint density at radius 1 is 1.33 bits per heavy atom. The largest absolute Gasteiger partial charge is 0.477 e. The molecule has 0 fully saturated rings. The highest BCUT2D eigenvalue weighted by Gasteiger charge is 2.26. The van der Waals surface area contributed by atoms with E-state index in [1.54, 1.807) is 6.07 Å². The maximum absolute atomic E-state index is 11.9. The molecule has 0 aliphatic carbocycles. The van der Waals surface area contributed by atoms with Crippen molar-refractivity contribution in [2.24, 2.45) is 0 Å². The van der Waals surface area contributed by atoms with Crippen molar-refractivity contribution in [3.8, 4) is 5.88 Å². The monoisotopic (exact) mass is 262 g/mol. The summed E-state index contributed by atoms with van der Waals surface area (Å²) in [5.74, 6) is 0.233. The molecule has 0 saturated heterocycles. The first-order valence-electron chi connectivity index (χ1n) is 5.79. The molecule has 18 heavy (non-hydrogen) atoms. The van der Waals surface area contributed by atoms with Gasteiger partial charge in [-0.05, 0) is 19.0 Å². The second kappa shape index (κ2) is 6.58. The first-order chi connectivity index (χ1) is 8.42. The van der Waals surface area contributed by atoms with Crippen LogP contribution in [0.2, 0.25) is 0 Å². The van der Waals surface area contributed by atoms with Crippen molar-refractivity contribution in [2.45, 2.75) is 33.0 Å². The van der Waals surface area contributed by atoms with Gasteiger partial charge in [0.05, 0.1) is 13.0 Å². The fourth-order valence-electron chi connectivity index (χ4n) is 1.37. The summed E-state index contributed by atoms with van der Waals surface area (Å²) in [6.45, 7) is 4.95. The molecular formula is C12H17F3N2O. The number of halogens is 3. The van der Waals surface area contributed by atoms with Gasteiger partial charge in [0.25, 0.3) is 0 Å². The summed E-state index contributed by atoms with van der Waals surface area (Å²) >= 11 is 0. The van der Waals surface area contributed by atoms with Crippen LogP contribution >= 0.6 is 0 Å². The van der Waals surface area contributed by atoms with E-state index in [0.29, 0.717) is 6.54 Å². The molecule has 1 aromatic rings. The molecule has 0 spiro atoms. The second-order valence-electron chi connectivity index (χ2n) is 3.89. The van der Waals surface area contributed by atoms with E-state index < -0.39 is 19.2 Å². The number of hydrogen-bond donors (Lipinski definition) is 1. The van der Waals surface area contributed by atoms with E-state index >= 15 is 0 Å². The molecule has 3 nitrogen and oxygen atoms in total. The van der Waals surface area contributed by atoms with E-state index in [1.165, 1.54) is 0 Å². The third kappa shape index (κ3) is 5.35. The average Bonchev–Trinajstić information content (AvgIpc) is 2.26. The second-order valence-corrected chi connectivity index (χ2v) is 3.89. The Bertz CT molecular complexity index is 380. The molecule has 6 heteroatoms. The minimum absolute atomic E-state index is 0.233. The summed E-state index contributed by atoms with van der Waals surface area (Å²) in [7, 11) is 0. The minimum Gasteiger partial charge on any atom is -0.477 e.